The summed E-state index contributed by atoms with van der Waals surface area (Å²) >= 11 is 5.94. The Labute approximate surface area is 124 Å². The molecule has 0 aromatic heterocycles. The van der Waals surface area contributed by atoms with Gasteiger partial charge in [0.15, 0.2) is 0 Å². The first-order chi connectivity index (χ1) is 9.79. The van der Waals surface area contributed by atoms with Gasteiger partial charge >= 0.3 is 6.18 Å². The third kappa shape index (κ3) is 3.55. The van der Waals surface area contributed by atoms with Crippen molar-refractivity contribution in [2.75, 3.05) is 5.32 Å². The van der Waals surface area contributed by atoms with E-state index in [4.69, 9.17) is 11.6 Å². The minimum Gasteiger partial charge on any atom is -0.322 e. The smallest absolute Gasteiger partial charge is 0.322 e. The Hall–Kier alpha value is -2.01. The van der Waals surface area contributed by atoms with Crippen molar-refractivity contribution in [3.63, 3.8) is 0 Å². The van der Waals surface area contributed by atoms with Gasteiger partial charge in [0.25, 0.3) is 5.91 Å². The topological polar surface area (TPSA) is 29.1 Å². The van der Waals surface area contributed by atoms with Gasteiger partial charge in [-0.05, 0) is 48.9 Å². The highest BCUT2D eigenvalue weighted by Crippen LogP contribution is 2.29. The van der Waals surface area contributed by atoms with Gasteiger partial charge in [0.1, 0.15) is 0 Å². The van der Waals surface area contributed by atoms with Crippen LogP contribution >= 0.6 is 11.6 Å². The fourth-order valence-corrected chi connectivity index (χ4v) is 1.92. The molecule has 0 radical (unpaired) electrons. The minimum atomic E-state index is -4.42. The molecular weight excluding hydrogens is 303 g/mol. The second-order valence-electron chi connectivity index (χ2n) is 4.44. The zero-order valence-electron chi connectivity index (χ0n) is 11.0. The number of benzene rings is 2. The lowest BCUT2D eigenvalue weighted by molar-refractivity contribution is -0.137. The van der Waals surface area contributed by atoms with Crippen LogP contribution in [0.5, 0.6) is 0 Å². The molecule has 0 saturated heterocycles. The summed E-state index contributed by atoms with van der Waals surface area (Å²) in [5.74, 6) is -0.492. The van der Waals surface area contributed by atoms with Crippen LogP contribution < -0.4 is 5.32 Å². The van der Waals surface area contributed by atoms with E-state index in [1.54, 1.807) is 25.1 Å². The minimum absolute atomic E-state index is 0.141. The highest BCUT2D eigenvalue weighted by atomic mass is 35.5. The second kappa shape index (κ2) is 5.77. The Morgan fingerprint density at radius 3 is 2.29 bits per heavy atom. The summed E-state index contributed by atoms with van der Waals surface area (Å²) < 4.78 is 37.3. The number of alkyl halides is 3. The fraction of sp³-hybridized carbons (Fsp3) is 0.133. The van der Waals surface area contributed by atoms with Crippen molar-refractivity contribution in [3.8, 4) is 0 Å². The van der Waals surface area contributed by atoms with Crippen molar-refractivity contribution < 1.29 is 18.0 Å². The molecule has 0 spiro atoms. The van der Waals surface area contributed by atoms with Crippen LogP contribution in [-0.4, -0.2) is 5.91 Å². The number of hydrogen-bond acceptors (Lipinski definition) is 1. The van der Waals surface area contributed by atoms with E-state index in [-0.39, 0.29) is 5.56 Å². The zero-order valence-corrected chi connectivity index (χ0v) is 11.7. The van der Waals surface area contributed by atoms with E-state index in [2.05, 4.69) is 5.32 Å². The molecule has 0 aliphatic heterocycles. The van der Waals surface area contributed by atoms with Crippen molar-refractivity contribution in [2.24, 2.45) is 0 Å². The molecule has 2 rings (SSSR count). The summed E-state index contributed by atoms with van der Waals surface area (Å²) in [5, 5.41) is 3.12. The van der Waals surface area contributed by atoms with Gasteiger partial charge in [-0.15, -0.1) is 0 Å². The predicted octanol–water partition coefficient (Wildman–Crippen LogP) is 4.92. The number of amides is 1. The Balaban J connectivity index is 2.19. The van der Waals surface area contributed by atoms with Crippen molar-refractivity contribution in [2.45, 2.75) is 13.1 Å². The molecule has 1 amide bonds. The average Bonchev–Trinajstić information content (AvgIpc) is 2.43. The summed E-state index contributed by atoms with van der Waals surface area (Å²) in [4.78, 5) is 12.0. The molecule has 2 nitrogen and oxygen atoms in total. The van der Waals surface area contributed by atoms with E-state index in [1.165, 1.54) is 0 Å². The lowest BCUT2D eigenvalue weighted by Crippen LogP contribution is -2.13. The maximum Gasteiger partial charge on any atom is 0.416 e. The van der Waals surface area contributed by atoms with Crippen LogP contribution in [0.1, 0.15) is 21.5 Å². The molecule has 0 aliphatic carbocycles. The van der Waals surface area contributed by atoms with Gasteiger partial charge in [-0.1, -0.05) is 17.7 Å². The van der Waals surface area contributed by atoms with Crippen LogP contribution in [0, 0.1) is 6.92 Å². The van der Waals surface area contributed by atoms with Gasteiger partial charge < -0.3 is 5.32 Å². The molecule has 0 saturated carbocycles. The Morgan fingerprint density at radius 2 is 1.71 bits per heavy atom. The molecule has 2 aromatic carbocycles. The number of hydrogen-bond donors (Lipinski definition) is 1. The Kier molecular flexibility index (Phi) is 4.23. The number of rotatable bonds is 2. The molecule has 0 unspecified atom stereocenters. The number of halogens is 4. The number of carbonyl (C=O) groups excluding carboxylic acids is 1. The second-order valence-corrected chi connectivity index (χ2v) is 4.85. The summed E-state index contributed by atoms with van der Waals surface area (Å²) in [6, 6.07) is 9.06. The fourth-order valence-electron chi connectivity index (χ4n) is 1.75. The summed E-state index contributed by atoms with van der Waals surface area (Å²) in [7, 11) is 0. The van der Waals surface area contributed by atoms with E-state index in [9.17, 15) is 18.0 Å². The largest absolute Gasteiger partial charge is 0.416 e. The first kappa shape index (κ1) is 15.4. The third-order valence-electron chi connectivity index (χ3n) is 2.99. The van der Waals surface area contributed by atoms with E-state index in [0.29, 0.717) is 16.3 Å². The van der Waals surface area contributed by atoms with Crippen LogP contribution in [-0.2, 0) is 6.18 Å². The molecule has 0 bridgehead atoms. The van der Waals surface area contributed by atoms with Crippen LogP contribution in [0.2, 0.25) is 5.02 Å². The first-order valence-electron chi connectivity index (χ1n) is 6.03. The maximum atomic E-state index is 12.4. The average molecular weight is 314 g/mol. The van der Waals surface area contributed by atoms with Gasteiger partial charge in [0.05, 0.1) is 5.56 Å². The molecule has 1 N–H and O–H groups in total. The standard InChI is InChI=1S/C15H11ClF3NO/c1-9-12(16)3-2-4-13(9)20-14(21)10-5-7-11(8-6-10)15(17,18)19/h2-8H,1H3,(H,20,21). The van der Waals surface area contributed by atoms with Crippen molar-refractivity contribution in [1.82, 2.24) is 0 Å². The van der Waals surface area contributed by atoms with E-state index in [0.717, 1.165) is 24.3 Å². The highest BCUT2D eigenvalue weighted by molar-refractivity contribution is 6.31. The first-order valence-corrected chi connectivity index (χ1v) is 6.40. The normalized spacial score (nSPS) is 11.3. The molecule has 0 atom stereocenters. The van der Waals surface area contributed by atoms with Crippen LogP contribution in [0.25, 0.3) is 0 Å². The molecule has 0 aliphatic rings. The van der Waals surface area contributed by atoms with Crippen LogP contribution in [0.15, 0.2) is 42.5 Å². The summed E-state index contributed by atoms with van der Waals surface area (Å²) in [5.41, 5.74) is 0.562. The van der Waals surface area contributed by atoms with Gasteiger partial charge in [0, 0.05) is 16.3 Å². The van der Waals surface area contributed by atoms with E-state index >= 15 is 0 Å². The number of anilines is 1. The van der Waals surface area contributed by atoms with E-state index in [1.807, 2.05) is 0 Å². The van der Waals surface area contributed by atoms with Crippen LogP contribution in [0.3, 0.4) is 0 Å². The molecule has 21 heavy (non-hydrogen) atoms. The summed E-state index contributed by atoms with van der Waals surface area (Å²) in [6.07, 6.45) is -4.42. The van der Waals surface area contributed by atoms with Crippen LogP contribution in [0.4, 0.5) is 18.9 Å². The zero-order chi connectivity index (χ0) is 15.6. The maximum absolute atomic E-state index is 12.4. The molecule has 0 fully saturated rings. The monoisotopic (exact) mass is 313 g/mol. The van der Waals surface area contributed by atoms with Crippen molar-refractivity contribution >= 4 is 23.2 Å². The SMILES string of the molecule is Cc1c(Cl)cccc1NC(=O)c1ccc(C(F)(F)F)cc1. The highest BCUT2D eigenvalue weighted by Gasteiger charge is 2.30. The van der Waals surface area contributed by atoms with Gasteiger partial charge in [-0.3, -0.25) is 4.79 Å². The quantitative estimate of drug-likeness (QED) is 0.837. The van der Waals surface area contributed by atoms with Crippen molar-refractivity contribution in [1.29, 1.82) is 0 Å². The predicted molar refractivity (Wildman–Crippen MR) is 75.6 cm³/mol. The lowest BCUT2D eigenvalue weighted by Gasteiger charge is -2.10. The number of carbonyl (C=O) groups is 1. The Morgan fingerprint density at radius 1 is 1.10 bits per heavy atom. The lowest BCUT2D eigenvalue weighted by atomic mass is 10.1. The van der Waals surface area contributed by atoms with Gasteiger partial charge in [-0.2, -0.15) is 13.2 Å². The molecule has 110 valence electrons. The number of nitrogens with one attached hydrogen (secondary N) is 1. The molecule has 2 aromatic rings. The molecular formula is C15H11ClF3NO. The third-order valence-corrected chi connectivity index (χ3v) is 3.40. The van der Waals surface area contributed by atoms with Gasteiger partial charge in [-0.25, -0.2) is 0 Å². The molecule has 6 heteroatoms. The summed E-state index contributed by atoms with van der Waals surface area (Å²) in [6.45, 7) is 1.74. The Bertz CT molecular complexity index is 666. The van der Waals surface area contributed by atoms with Gasteiger partial charge in [0.2, 0.25) is 0 Å². The van der Waals surface area contributed by atoms with Crippen molar-refractivity contribution in [3.05, 3.63) is 64.2 Å². The molecule has 0 heterocycles. The van der Waals surface area contributed by atoms with E-state index < -0.39 is 17.6 Å².